The summed E-state index contributed by atoms with van der Waals surface area (Å²) in [6.07, 6.45) is 0. The summed E-state index contributed by atoms with van der Waals surface area (Å²) in [5, 5.41) is 4.53. The number of pyridine rings is 1. The van der Waals surface area contributed by atoms with Crippen molar-refractivity contribution in [1.82, 2.24) is 10.3 Å². The first-order valence-corrected chi connectivity index (χ1v) is 15.2. The van der Waals surface area contributed by atoms with Gasteiger partial charge in [-0.1, -0.05) is 82.8 Å². The fourth-order valence-electron chi connectivity index (χ4n) is 3.44. The molecule has 42 heavy (non-hydrogen) atoms. The quantitative estimate of drug-likeness (QED) is 0.215. The number of anilines is 1. The molecule has 1 aromatic heterocycles. The number of hydrogen-bond donors (Lipinski definition) is 1. The molecule has 0 aliphatic carbocycles. The molecule has 4 rings (SSSR count). The highest BCUT2D eigenvalue weighted by Gasteiger charge is 2.24. The van der Waals surface area contributed by atoms with Gasteiger partial charge in [-0.2, -0.15) is 8.78 Å². The Labute approximate surface area is 253 Å². The lowest BCUT2D eigenvalue weighted by Crippen LogP contribution is -2.23. The van der Waals surface area contributed by atoms with Crippen LogP contribution >= 0.6 is 9.24 Å². The van der Waals surface area contributed by atoms with Crippen LogP contribution in [0, 0.1) is 0 Å². The molecule has 1 amide bonds. The highest BCUT2D eigenvalue weighted by Crippen LogP contribution is 2.36. The topological polar surface area (TPSA) is 54.5 Å². The predicted octanol–water partition coefficient (Wildman–Crippen LogP) is 10.1. The molecule has 3 aromatic carbocycles. The molecule has 1 unspecified atom stereocenters. The monoisotopic (exact) mass is 599 g/mol. The Bertz CT molecular complexity index is 1320. The maximum atomic E-state index is 13.4. The molecule has 0 spiro atoms. The van der Waals surface area contributed by atoms with Crippen molar-refractivity contribution in [3.05, 3.63) is 95.7 Å². The highest BCUT2D eigenvalue weighted by atomic mass is 31.0. The molecule has 5 nitrogen and oxygen atoms in total. The number of fused-ring (bicyclic) bond motifs is 1. The van der Waals surface area contributed by atoms with E-state index in [1.165, 1.54) is 33.5 Å². The highest BCUT2D eigenvalue weighted by molar-refractivity contribution is 7.17. The molecular weight excluding hydrogens is 551 g/mol. The number of nitrogens with zero attached hydrogens (tertiary/aromatic N) is 2. The molecule has 0 saturated heterocycles. The molecule has 0 aliphatic heterocycles. The van der Waals surface area contributed by atoms with E-state index in [4.69, 9.17) is 4.74 Å². The number of benzene rings is 3. The van der Waals surface area contributed by atoms with E-state index in [0.717, 1.165) is 22.3 Å². The third-order valence-electron chi connectivity index (χ3n) is 5.25. The molecule has 0 bridgehead atoms. The van der Waals surface area contributed by atoms with Gasteiger partial charge >= 0.3 is 0 Å². The Balaban J connectivity index is 0.00000194. The Morgan fingerprint density at radius 1 is 0.857 bits per heavy atom. The van der Waals surface area contributed by atoms with Crippen molar-refractivity contribution < 1.29 is 18.3 Å². The van der Waals surface area contributed by atoms with Gasteiger partial charge in [0.15, 0.2) is 0 Å². The number of hydrogen-bond acceptors (Lipinski definition) is 4. The standard InChI is InChI=1S/C26H24F2N3O2P.4C2H6/c1-31(2)24-8-4-6-20(30-24)16-29-25(32)18-9-14-22-17(15-18)5-3-7-23(22)33-21-12-10-19(11-13-21)26(27,28)34;4*1-2/h3-15H,16,34H2,1-2H3,(H,29,32);4*1-2H3. The van der Waals surface area contributed by atoms with Crippen molar-refractivity contribution in [2.75, 3.05) is 19.0 Å². The summed E-state index contributed by atoms with van der Waals surface area (Å²) >= 11 is 0. The lowest BCUT2D eigenvalue weighted by molar-refractivity contribution is 0.0950. The first kappa shape index (κ1) is 38.4. The van der Waals surface area contributed by atoms with Crippen LogP contribution in [0.5, 0.6) is 11.5 Å². The zero-order valence-electron chi connectivity index (χ0n) is 26.8. The van der Waals surface area contributed by atoms with Crippen LogP contribution in [-0.2, 0) is 12.2 Å². The third kappa shape index (κ3) is 11.7. The van der Waals surface area contributed by atoms with Crippen LogP contribution in [0.4, 0.5) is 14.6 Å². The summed E-state index contributed by atoms with van der Waals surface area (Å²) in [6, 6.07) is 22.2. The average Bonchev–Trinajstić information content (AvgIpc) is 3.03. The molecule has 0 radical (unpaired) electrons. The van der Waals surface area contributed by atoms with Gasteiger partial charge in [-0.3, -0.25) is 4.79 Å². The Morgan fingerprint density at radius 3 is 2.02 bits per heavy atom. The smallest absolute Gasteiger partial charge is 0.283 e. The minimum Gasteiger partial charge on any atom is -0.457 e. The largest absolute Gasteiger partial charge is 0.457 e. The van der Waals surface area contributed by atoms with Crippen LogP contribution in [0.15, 0.2) is 78.9 Å². The first-order valence-electron chi connectivity index (χ1n) is 14.6. The zero-order valence-corrected chi connectivity index (χ0v) is 27.9. The minimum absolute atomic E-state index is 0.109. The number of rotatable bonds is 7. The number of ether oxygens (including phenoxy) is 1. The van der Waals surface area contributed by atoms with Crippen molar-refractivity contribution >= 4 is 31.7 Å². The van der Waals surface area contributed by atoms with Crippen molar-refractivity contribution in [2.24, 2.45) is 0 Å². The van der Waals surface area contributed by atoms with Gasteiger partial charge in [-0.25, -0.2) is 4.98 Å². The third-order valence-corrected chi connectivity index (χ3v) is 5.58. The van der Waals surface area contributed by atoms with Gasteiger partial charge in [0.2, 0.25) is 0 Å². The Kier molecular flexibility index (Phi) is 18.6. The van der Waals surface area contributed by atoms with Crippen LogP contribution in [0.3, 0.4) is 0 Å². The van der Waals surface area contributed by atoms with Crippen molar-refractivity contribution in [3.63, 3.8) is 0 Å². The van der Waals surface area contributed by atoms with Crippen LogP contribution in [0.25, 0.3) is 10.8 Å². The molecule has 4 aromatic rings. The average molecular weight is 600 g/mol. The first-order chi connectivity index (χ1) is 20.2. The van der Waals surface area contributed by atoms with E-state index >= 15 is 0 Å². The summed E-state index contributed by atoms with van der Waals surface area (Å²) in [4.78, 5) is 19.1. The second-order valence-corrected chi connectivity index (χ2v) is 8.73. The van der Waals surface area contributed by atoms with Gasteiger partial charge in [0.05, 0.1) is 12.2 Å². The normalized spacial score (nSPS) is 9.74. The number of aromatic nitrogens is 1. The van der Waals surface area contributed by atoms with E-state index in [2.05, 4.69) is 10.3 Å². The number of nitrogens with one attached hydrogen (secondary N) is 1. The predicted molar refractivity (Wildman–Crippen MR) is 179 cm³/mol. The van der Waals surface area contributed by atoms with Gasteiger partial charge in [0.25, 0.3) is 11.6 Å². The van der Waals surface area contributed by atoms with Crippen molar-refractivity contribution in [2.45, 2.75) is 67.6 Å². The van der Waals surface area contributed by atoms with Crippen molar-refractivity contribution in [1.29, 1.82) is 0 Å². The van der Waals surface area contributed by atoms with E-state index in [1.807, 2.05) is 111 Å². The maximum absolute atomic E-state index is 13.4. The second kappa shape index (κ2) is 20.3. The van der Waals surface area contributed by atoms with Gasteiger partial charge < -0.3 is 15.0 Å². The summed E-state index contributed by atoms with van der Waals surface area (Å²) in [6.45, 7) is 16.3. The summed E-state index contributed by atoms with van der Waals surface area (Å²) in [5.74, 6) is 1.63. The van der Waals surface area contributed by atoms with Gasteiger partial charge in [-0.15, -0.1) is 0 Å². The van der Waals surface area contributed by atoms with Crippen LogP contribution in [0.1, 0.15) is 77.0 Å². The molecule has 1 heterocycles. The fraction of sp³-hybridized carbons (Fsp3) is 0.353. The van der Waals surface area contributed by atoms with E-state index in [0.29, 0.717) is 23.6 Å². The molecule has 0 saturated carbocycles. The fourth-order valence-corrected chi connectivity index (χ4v) is 3.64. The number of carbonyl (C=O) groups excluding carboxylic acids is 1. The lowest BCUT2D eigenvalue weighted by atomic mass is 10.1. The van der Waals surface area contributed by atoms with E-state index in [1.54, 1.807) is 18.2 Å². The second-order valence-electron chi connectivity index (χ2n) is 8.01. The van der Waals surface area contributed by atoms with Crippen LogP contribution in [-0.4, -0.2) is 25.0 Å². The van der Waals surface area contributed by atoms with Crippen molar-refractivity contribution in [3.8, 4) is 11.5 Å². The van der Waals surface area contributed by atoms with Crippen LogP contribution < -0.4 is 15.0 Å². The van der Waals surface area contributed by atoms with E-state index in [9.17, 15) is 13.6 Å². The van der Waals surface area contributed by atoms with Gasteiger partial charge in [-0.05, 0) is 66.0 Å². The van der Waals surface area contributed by atoms with Crippen LogP contribution in [0.2, 0.25) is 0 Å². The number of amides is 1. The summed E-state index contributed by atoms with van der Waals surface area (Å²) in [5.41, 5.74) is -1.82. The molecule has 1 N–H and O–H groups in total. The van der Waals surface area contributed by atoms with Gasteiger partial charge in [0, 0.05) is 30.6 Å². The minimum atomic E-state index is -2.99. The molecule has 0 fully saturated rings. The molecular formula is C34H48F2N3O2P. The number of carbonyl (C=O) groups is 1. The lowest BCUT2D eigenvalue weighted by Gasteiger charge is -2.13. The molecule has 1 atom stereocenters. The maximum Gasteiger partial charge on any atom is 0.283 e. The SMILES string of the molecule is CC.CC.CC.CC.CN(C)c1cccc(CNC(=O)c2ccc3c(Oc4ccc(C(F)(F)P)cc4)cccc3c2)n1. The number of alkyl halides is 2. The Morgan fingerprint density at radius 2 is 1.45 bits per heavy atom. The molecule has 230 valence electrons. The summed E-state index contributed by atoms with van der Waals surface area (Å²) < 4.78 is 32.8. The zero-order chi connectivity index (χ0) is 32.3. The Hall–Kier alpha value is -3.57. The van der Waals surface area contributed by atoms with E-state index in [-0.39, 0.29) is 11.5 Å². The summed E-state index contributed by atoms with van der Waals surface area (Å²) in [7, 11) is 5.35. The van der Waals surface area contributed by atoms with Gasteiger partial charge in [0.1, 0.15) is 17.3 Å². The van der Waals surface area contributed by atoms with E-state index < -0.39 is 5.66 Å². The molecule has 0 aliphatic rings. The molecule has 8 heteroatoms. The number of halogens is 2.